The molecule has 5 N–H and O–H groups in total. The van der Waals surface area contributed by atoms with Crippen LogP contribution in [-0.4, -0.2) is 86.6 Å². The molecule has 2 fully saturated rings. The van der Waals surface area contributed by atoms with E-state index < -0.39 is 17.8 Å². The number of ether oxygens (including phenoxy) is 3. The summed E-state index contributed by atoms with van der Waals surface area (Å²) in [6, 6.07) is 12.9. The molecular formula is C34H39ClN6O6. The number of nitrogen functional groups attached to an aromatic ring is 1. The number of nitrogens with two attached hydrogens (primary N) is 1. The molecule has 13 heteroatoms. The van der Waals surface area contributed by atoms with Crippen molar-refractivity contribution in [3.63, 3.8) is 0 Å². The van der Waals surface area contributed by atoms with Gasteiger partial charge in [-0.2, -0.15) is 0 Å². The first kappa shape index (κ1) is 35.1. The third kappa shape index (κ3) is 8.94. The molecule has 2 aromatic carbocycles. The molecule has 0 atom stereocenters. The number of benzene rings is 2. The first-order valence-corrected chi connectivity index (χ1v) is 15.1. The molecule has 1 saturated heterocycles. The predicted octanol–water partition coefficient (Wildman–Crippen LogP) is 3.99. The van der Waals surface area contributed by atoms with Crippen LogP contribution in [0.5, 0.6) is 5.75 Å². The molecule has 47 heavy (non-hydrogen) atoms. The Balaban J connectivity index is 0.00000500. The second kappa shape index (κ2) is 16.2. The summed E-state index contributed by atoms with van der Waals surface area (Å²) < 4.78 is 16.7. The van der Waals surface area contributed by atoms with Crippen LogP contribution in [0.4, 0.5) is 5.69 Å². The minimum Gasteiger partial charge on any atom is -0.496 e. The number of anilines is 1. The Bertz CT molecular complexity index is 1640. The lowest BCUT2D eigenvalue weighted by Crippen LogP contribution is -2.38. The number of pyridine rings is 1. The number of nitrogens with one attached hydrogen (secondary N) is 3. The van der Waals surface area contributed by atoms with Gasteiger partial charge in [0.15, 0.2) is 5.69 Å². The van der Waals surface area contributed by atoms with E-state index in [1.54, 1.807) is 48.5 Å². The number of esters is 1. The van der Waals surface area contributed by atoms with Gasteiger partial charge in [-0.1, -0.05) is 12.7 Å². The van der Waals surface area contributed by atoms with Crippen LogP contribution < -0.4 is 21.1 Å². The van der Waals surface area contributed by atoms with E-state index in [1.165, 1.54) is 13.2 Å². The summed E-state index contributed by atoms with van der Waals surface area (Å²) >= 11 is 0. The fourth-order valence-electron chi connectivity index (χ4n) is 5.04. The molecule has 1 saturated carbocycles. The van der Waals surface area contributed by atoms with Crippen LogP contribution in [0, 0.1) is 11.3 Å². The molecule has 1 aliphatic heterocycles. The van der Waals surface area contributed by atoms with Gasteiger partial charge in [-0.25, -0.2) is 9.78 Å². The van der Waals surface area contributed by atoms with Crippen LogP contribution in [0.1, 0.15) is 55.3 Å². The Morgan fingerprint density at radius 2 is 1.81 bits per heavy atom. The summed E-state index contributed by atoms with van der Waals surface area (Å²) in [5.41, 5.74) is 7.92. The van der Waals surface area contributed by atoms with Gasteiger partial charge in [0.05, 0.1) is 20.3 Å². The fraction of sp³-hybridized carbons (Fsp3) is 0.324. The van der Waals surface area contributed by atoms with Crippen molar-refractivity contribution in [2.45, 2.75) is 12.8 Å². The highest BCUT2D eigenvalue weighted by Crippen LogP contribution is 2.35. The summed E-state index contributed by atoms with van der Waals surface area (Å²) in [6.45, 7) is 7.73. The zero-order chi connectivity index (χ0) is 32.6. The maximum atomic E-state index is 13.8. The Labute approximate surface area is 279 Å². The van der Waals surface area contributed by atoms with Gasteiger partial charge < -0.3 is 30.6 Å². The van der Waals surface area contributed by atoms with Gasteiger partial charge in [0.25, 0.3) is 11.8 Å². The lowest BCUT2D eigenvalue weighted by atomic mass is 9.94. The van der Waals surface area contributed by atoms with Gasteiger partial charge in [-0.3, -0.25) is 19.9 Å². The van der Waals surface area contributed by atoms with Crippen molar-refractivity contribution in [2.75, 3.05) is 58.4 Å². The molecule has 0 radical (unpaired) electrons. The zero-order valence-electron chi connectivity index (χ0n) is 26.2. The van der Waals surface area contributed by atoms with Crippen molar-refractivity contribution in [1.29, 1.82) is 5.41 Å². The molecule has 5 rings (SSSR count). The minimum atomic E-state index is -0.724. The number of hydrogen-bond donors (Lipinski definition) is 4. The van der Waals surface area contributed by atoms with Gasteiger partial charge in [0, 0.05) is 59.7 Å². The maximum Gasteiger partial charge on any atom is 0.357 e. The number of halogens is 1. The van der Waals surface area contributed by atoms with E-state index in [9.17, 15) is 14.4 Å². The molecule has 2 heterocycles. The number of aromatic nitrogens is 1. The van der Waals surface area contributed by atoms with Crippen molar-refractivity contribution in [3.05, 3.63) is 83.2 Å². The van der Waals surface area contributed by atoms with Crippen LogP contribution in [-0.2, 0) is 9.47 Å². The van der Waals surface area contributed by atoms with E-state index in [0.29, 0.717) is 65.9 Å². The third-order valence-corrected chi connectivity index (χ3v) is 7.89. The van der Waals surface area contributed by atoms with Crippen LogP contribution >= 0.6 is 12.4 Å². The zero-order valence-corrected chi connectivity index (χ0v) is 27.0. The van der Waals surface area contributed by atoms with E-state index in [2.05, 4.69) is 27.1 Å². The molecule has 1 aromatic heterocycles. The average molecular weight is 663 g/mol. The van der Waals surface area contributed by atoms with Crippen molar-refractivity contribution < 1.29 is 28.6 Å². The van der Waals surface area contributed by atoms with Crippen LogP contribution in [0.3, 0.4) is 0 Å². The quantitative estimate of drug-likeness (QED) is 0.120. The van der Waals surface area contributed by atoms with Gasteiger partial charge in [-0.05, 0) is 67.3 Å². The highest BCUT2D eigenvalue weighted by atomic mass is 35.5. The minimum absolute atomic E-state index is 0. The molecular weight excluding hydrogens is 624 g/mol. The molecule has 3 aromatic rings. The van der Waals surface area contributed by atoms with E-state index in [0.717, 1.165) is 25.9 Å². The van der Waals surface area contributed by atoms with Crippen LogP contribution in [0.15, 0.2) is 55.1 Å². The number of amidine groups is 1. The second-order valence-corrected chi connectivity index (χ2v) is 11.1. The first-order valence-electron chi connectivity index (χ1n) is 15.1. The number of methoxy groups -OCH3 is 1. The number of carbonyl (C=O) groups excluding carboxylic acids is 3. The van der Waals surface area contributed by atoms with Crippen LogP contribution in [0.25, 0.3) is 17.2 Å². The highest BCUT2D eigenvalue weighted by molar-refractivity contribution is 6.11. The van der Waals surface area contributed by atoms with Crippen molar-refractivity contribution >= 4 is 47.8 Å². The van der Waals surface area contributed by atoms with E-state index >= 15 is 0 Å². The summed E-state index contributed by atoms with van der Waals surface area (Å²) in [5, 5.41) is 13.4. The van der Waals surface area contributed by atoms with Gasteiger partial charge in [0.2, 0.25) is 0 Å². The SMILES string of the molecule is C=Cc1cc(C(=O)Nc2ccc(C(=N)N)cc2)c(-c2ccc(C(=O)NCC3CC3)nc2C(=O)OCCN2CCOCC2)cc1OC.Cl. The molecule has 1 aliphatic carbocycles. The molecule has 2 amide bonds. The van der Waals surface area contributed by atoms with E-state index in [1.807, 2.05) is 0 Å². The fourth-order valence-corrected chi connectivity index (χ4v) is 5.04. The lowest BCUT2D eigenvalue weighted by Gasteiger charge is -2.26. The standard InChI is InChI=1S/C34H38N6O6.ClH/c1-3-22-18-27(32(41)38-24-8-6-23(7-9-24)31(35)36)26(19-29(22)44-2)25-10-11-28(33(42)37-20-21-4-5-21)39-30(25)34(43)46-17-14-40-12-15-45-16-13-40;/h3,6-11,18-19,21H,1,4-5,12-17,20H2,2H3,(H3,35,36)(H,37,42)(H,38,41);1H. The molecule has 12 nitrogen and oxygen atoms in total. The Morgan fingerprint density at radius 1 is 1.09 bits per heavy atom. The molecule has 2 aliphatic rings. The number of rotatable bonds is 13. The molecule has 0 unspecified atom stereocenters. The largest absolute Gasteiger partial charge is 0.496 e. The first-order chi connectivity index (χ1) is 22.3. The average Bonchev–Trinajstić information content (AvgIpc) is 3.91. The number of nitrogens with zero attached hydrogens (tertiary/aromatic N) is 2. The third-order valence-electron chi connectivity index (χ3n) is 7.89. The predicted molar refractivity (Wildman–Crippen MR) is 182 cm³/mol. The van der Waals surface area contributed by atoms with Gasteiger partial charge >= 0.3 is 5.97 Å². The Hall–Kier alpha value is -4.78. The Kier molecular flexibility index (Phi) is 12.1. The van der Waals surface area contributed by atoms with E-state index in [-0.39, 0.29) is 41.8 Å². The summed E-state index contributed by atoms with van der Waals surface area (Å²) in [5.74, 6) is -0.805. The number of morpholine rings is 1. The monoisotopic (exact) mass is 662 g/mol. The van der Waals surface area contributed by atoms with Crippen LogP contribution in [0.2, 0.25) is 0 Å². The maximum absolute atomic E-state index is 13.8. The second-order valence-electron chi connectivity index (χ2n) is 11.1. The highest BCUT2D eigenvalue weighted by Gasteiger charge is 2.26. The number of hydrogen-bond acceptors (Lipinski definition) is 9. The normalized spacial score (nSPS) is 14.3. The molecule has 0 spiro atoms. The summed E-state index contributed by atoms with van der Waals surface area (Å²) in [6.07, 6.45) is 3.71. The van der Waals surface area contributed by atoms with E-state index in [4.69, 9.17) is 25.4 Å². The van der Waals surface area contributed by atoms with Crippen molar-refractivity contribution in [1.82, 2.24) is 15.2 Å². The smallest absolute Gasteiger partial charge is 0.357 e. The summed E-state index contributed by atoms with van der Waals surface area (Å²) in [7, 11) is 1.49. The van der Waals surface area contributed by atoms with Crippen molar-refractivity contribution in [2.24, 2.45) is 11.7 Å². The van der Waals surface area contributed by atoms with Crippen molar-refractivity contribution in [3.8, 4) is 16.9 Å². The summed E-state index contributed by atoms with van der Waals surface area (Å²) in [4.78, 5) is 47.0. The molecule has 0 bridgehead atoms. The van der Waals surface area contributed by atoms with Gasteiger partial charge in [-0.15, -0.1) is 12.4 Å². The Morgan fingerprint density at radius 3 is 2.45 bits per heavy atom. The number of amides is 2. The topological polar surface area (TPSA) is 169 Å². The van der Waals surface area contributed by atoms with Gasteiger partial charge in [0.1, 0.15) is 23.9 Å². The lowest BCUT2D eigenvalue weighted by molar-refractivity contribution is 0.0193. The molecule has 248 valence electrons. The number of carbonyl (C=O) groups is 3.